The predicted molar refractivity (Wildman–Crippen MR) is 95.2 cm³/mol. The minimum atomic E-state index is -3.94. The summed E-state index contributed by atoms with van der Waals surface area (Å²) in [5, 5.41) is 1.78. The van der Waals surface area contributed by atoms with Crippen LogP contribution in [0.25, 0.3) is 0 Å². The lowest BCUT2D eigenvalue weighted by molar-refractivity contribution is -0.127. The molecule has 0 aromatic heterocycles. The number of amides is 3. The van der Waals surface area contributed by atoms with Gasteiger partial charge in [-0.05, 0) is 25.1 Å². The van der Waals surface area contributed by atoms with Gasteiger partial charge in [0.05, 0.1) is 25.9 Å². The summed E-state index contributed by atoms with van der Waals surface area (Å²) in [5.74, 6) is -1.80. The smallest absolute Gasteiger partial charge is 0.338 e. The summed E-state index contributed by atoms with van der Waals surface area (Å²) < 4.78 is 42.3. The van der Waals surface area contributed by atoms with Gasteiger partial charge in [-0.2, -0.15) is 4.31 Å². The Morgan fingerprint density at radius 1 is 1.25 bits per heavy atom. The average molecular weight is 415 g/mol. The van der Waals surface area contributed by atoms with E-state index in [9.17, 15) is 22.8 Å². The van der Waals surface area contributed by atoms with Gasteiger partial charge in [0.15, 0.2) is 6.10 Å². The van der Waals surface area contributed by atoms with E-state index < -0.39 is 34.0 Å². The van der Waals surface area contributed by atoms with Crippen molar-refractivity contribution in [2.45, 2.75) is 17.9 Å². The lowest BCUT2D eigenvalue weighted by Gasteiger charge is -2.26. The van der Waals surface area contributed by atoms with Gasteiger partial charge >= 0.3 is 12.0 Å². The highest BCUT2D eigenvalue weighted by atomic mass is 32.2. The van der Waals surface area contributed by atoms with E-state index in [1.54, 1.807) is 5.32 Å². The van der Waals surface area contributed by atoms with Gasteiger partial charge in [0.1, 0.15) is 10.6 Å². The Morgan fingerprint density at radius 2 is 1.89 bits per heavy atom. The quantitative estimate of drug-likeness (QED) is 0.587. The van der Waals surface area contributed by atoms with Crippen molar-refractivity contribution in [3.63, 3.8) is 0 Å². The minimum absolute atomic E-state index is 0.0579. The van der Waals surface area contributed by atoms with Crippen LogP contribution in [-0.4, -0.2) is 70.1 Å². The number of hydrogen-bond acceptors (Lipinski definition) is 8. The van der Waals surface area contributed by atoms with Crippen LogP contribution >= 0.6 is 0 Å². The first-order chi connectivity index (χ1) is 13.2. The molecular formula is C16H21N3O8S. The molecule has 0 radical (unpaired) electrons. The Kier molecular flexibility index (Phi) is 6.94. The van der Waals surface area contributed by atoms with Crippen molar-refractivity contribution >= 4 is 27.9 Å². The van der Waals surface area contributed by atoms with Gasteiger partial charge in [-0.15, -0.1) is 0 Å². The van der Waals surface area contributed by atoms with Crippen LogP contribution in [0.15, 0.2) is 23.1 Å². The SMILES string of the molecule is COc1ccc(C(=O)OC(C)C(=O)NC(N)=O)cc1S(=O)(=O)N1CCOCC1. The highest BCUT2D eigenvalue weighted by Gasteiger charge is 2.30. The van der Waals surface area contributed by atoms with Crippen molar-refractivity contribution < 1.29 is 37.0 Å². The van der Waals surface area contributed by atoms with Crippen LogP contribution < -0.4 is 15.8 Å². The molecule has 1 aliphatic heterocycles. The van der Waals surface area contributed by atoms with Crippen molar-refractivity contribution in [2.24, 2.45) is 5.73 Å². The molecule has 1 atom stereocenters. The zero-order chi connectivity index (χ0) is 20.9. The molecule has 28 heavy (non-hydrogen) atoms. The molecule has 1 aromatic carbocycles. The molecule has 3 N–H and O–H groups in total. The molecule has 154 valence electrons. The number of carbonyl (C=O) groups is 3. The second-order valence-corrected chi connectivity index (χ2v) is 7.69. The van der Waals surface area contributed by atoms with Gasteiger partial charge in [0, 0.05) is 13.1 Å². The van der Waals surface area contributed by atoms with Gasteiger partial charge in [0.2, 0.25) is 10.0 Å². The molecule has 1 aliphatic rings. The van der Waals surface area contributed by atoms with E-state index in [2.05, 4.69) is 0 Å². The average Bonchev–Trinajstić information content (AvgIpc) is 2.67. The second-order valence-electron chi connectivity index (χ2n) is 5.78. The van der Waals surface area contributed by atoms with Crippen molar-refractivity contribution in [1.82, 2.24) is 9.62 Å². The minimum Gasteiger partial charge on any atom is -0.495 e. The van der Waals surface area contributed by atoms with Crippen LogP contribution in [0.3, 0.4) is 0 Å². The summed E-state index contributed by atoms with van der Waals surface area (Å²) in [6.07, 6.45) is -1.32. The van der Waals surface area contributed by atoms with Crippen molar-refractivity contribution in [2.75, 3.05) is 33.4 Å². The highest BCUT2D eigenvalue weighted by Crippen LogP contribution is 2.28. The molecule has 1 unspecified atom stereocenters. The molecule has 1 aromatic rings. The van der Waals surface area contributed by atoms with Crippen LogP contribution in [0, 0.1) is 0 Å². The third kappa shape index (κ3) is 4.97. The number of ether oxygens (including phenoxy) is 3. The number of nitrogens with two attached hydrogens (primary N) is 1. The molecule has 0 aliphatic carbocycles. The Hall–Kier alpha value is -2.70. The van der Waals surface area contributed by atoms with Crippen molar-refractivity contribution in [3.8, 4) is 5.75 Å². The lowest BCUT2D eigenvalue weighted by Crippen LogP contribution is -2.42. The number of morpholine rings is 1. The number of benzene rings is 1. The zero-order valence-electron chi connectivity index (χ0n) is 15.3. The summed E-state index contributed by atoms with van der Waals surface area (Å²) in [5.41, 5.74) is 4.73. The van der Waals surface area contributed by atoms with Crippen molar-refractivity contribution in [1.29, 1.82) is 0 Å². The third-order valence-corrected chi connectivity index (χ3v) is 5.81. The fourth-order valence-electron chi connectivity index (χ4n) is 2.44. The topological polar surface area (TPSA) is 154 Å². The molecule has 1 fully saturated rings. The number of carbonyl (C=O) groups excluding carboxylic acids is 3. The number of urea groups is 1. The van der Waals surface area contributed by atoms with Crippen LogP contribution in [-0.2, 0) is 24.3 Å². The number of methoxy groups -OCH3 is 1. The summed E-state index contributed by atoms with van der Waals surface area (Å²) in [4.78, 5) is 34.4. The number of rotatable bonds is 6. The normalized spacial score (nSPS) is 16.1. The van der Waals surface area contributed by atoms with Crippen molar-refractivity contribution in [3.05, 3.63) is 23.8 Å². The zero-order valence-corrected chi connectivity index (χ0v) is 16.2. The maximum atomic E-state index is 12.9. The molecule has 1 heterocycles. The van der Waals surface area contributed by atoms with Crippen LogP contribution in [0.2, 0.25) is 0 Å². The standard InChI is InChI=1S/C16H21N3O8S/c1-10(14(20)18-16(17)22)27-15(21)11-3-4-12(25-2)13(9-11)28(23,24)19-5-7-26-8-6-19/h3-4,9-10H,5-8H2,1-2H3,(H3,17,18,20,22). The van der Waals surface area contributed by atoms with E-state index in [1.165, 1.54) is 30.5 Å². The lowest BCUT2D eigenvalue weighted by atomic mass is 10.2. The van der Waals surface area contributed by atoms with E-state index >= 15 is 0 Å². The van der Waals surface area contributed by atoms with Crippen LogP contribution in [0.4, 0.5) is 4.79 Å². The largest absolute Gasteiger partial charge is 0.495 e. The first-order valence-corrected chi connectivity index (χ1v) is 9.68. The van der Waals surface area contributed by atoms with Gasteiger partial charge in [-0.25, -0.2) is 18.0 Å². The van der Waals surface area contributed by atoms with Gasteiger partial charge in [0.25, 0.3) is 5.91 Å². The third-order valence-electron chi connectivity index (χ3n) is 3.89. The maximum Gasteiger partial charge on any atom is 0.338 e. The first kappa shape index (κ1) is 21.6. The summed E-state index contributed by atoms with van der Waals surface area (Å²) in [6.45, 7) is 2.10. The predicted octanol–water partition coefficient (Wildman–Crippen LogP) is -0.544. The Labute approximate surface area is 161 Å². The molecule has 0 bridgehead atoms. The summed E-state index contributed by atoms with van der Waals surface area (Å²) in [7, 11) is -2.63. The number of esters is 1. The van der Waals surface area contributed by atoms with Gasteiger partial charge < -0.3 is 19.9 Å². The molecule has 11 nitrogen and oxygen atoms in total. The van der Waals surface area contributed by atoms with E-state index in [-0.39, 0.29) is 42.5 Å². The monoisotopic (exact) mass is 415 g/mol. The number of primary amides is 1. The number of sulfonamides is 1. The van der Waals surface area contributed by atoms with E-state index in [0.29, 0.717) is 0 Å². The molecule has 0 saturated carbocycles. The summed E-state index contributed by atoms with van der Waals surface area (Å²) in [6, 6.07) is 2.65. The molecule has 3 amide bonds. The second kappa shape index (κ2) is 8.99. The fourth-order valence-corrected chi connectivity index (χ4v) is 4.03. The molecule has 1 saturated heterocycles. The van der Waals surface area contributed by atoms with Crippen LogP contribution in [0.1, 0.15) is 17.3 Å². The Bertz CT molecular complexity index is 865. The molecule has 12 heteroatoms. The Morgan fingerprint density at radius 3 is 2.46 bits per heavy atom. The Balaban J connectivity index is 2.27. The molecular weight excluding hydrogens is 394 g/mol. The number of nitrogens with one attached hydrogen (secondary N) is 1. The van der Waals surface area contributed by atoms with E-state index in [1.807, 2.05) is 0 Å². The number of hydrogen-bond donors (Lipinski definition) is 2. The molecule has 0 spiro atoms. The first-order valence-electron chi connectivity index (χ1n) is 8.24. The van der Waals surface area contributed by atoms with E-state index in [4.69, 9.17) is 19.9 Å². The molecule has 2 rings (SSSR count). The van der Waals surface area contributed by atoms with Gasteiger partial charge in [-0.3, -0.25) is 10.1 Å². The summed E-state index contributed by atoms with van der Waals surface area (Å²) >= 11 is 0. The number of nitrogens with zero attached hydrogens (tertiary/aromatic N) is 1. The van der Waals surface area contributed by atoms with E-state index in [0.717, 1.165) is 6.07 Å². The highest BCUT2D eigenvalue weighted by molar-refractivity contribution is 7.89. The number of imide groups is 1. The maximum absolute atomic E-state index is 12.9. The fraction of sp³-hybridized carbons (Fsp3) is 0.438. The van der Waals surface area contributed by atoms with Gasteiger partial charge in [-0.1, -0.05) is 0 Å². The van der Waals surface area contributed by atoms with Crippen LogP contribution in [0.5, 0.6) is 5.75 Å².